The summed E-state index contributed by atoms with van der Waals surface area (Å²) >= 11 is 0. The zero-order valence-electron chi connectivity index (χ0n) is 7.40. The van der Waals surface area contributed by atoms with E-state index in [0.717, 1.165) is 19.3 Å². The maximum atomic E-state index is 12.4. The molecular weight excluding hydrogens is 164 g/mol. The Morgan fingerprint density at radius 2 is 1.75 bits per heavy atom. The molecule has 0 unspecified atom stereocenters. The van der Waals surface area contributed by atoms with Crippen molar-refractivity contribution in [3.8, 4) is 0 Å². The quantitative estimate of drug-likeness (QED) is 0.565. The van der Waals surface area contributed by atoms with Crippen LogP contribution in [0.1, 0.15) is 39.0 Å². The van der Waals surface area contributed by atoms with Crippen LogP contribution >= 0.6 is 0 Å². The second-order valence-electron chi connectivity index (χ2n) is 3.74. The lowest BCUT2D eigenvalue weighted by atomic mass is 9.59. The summed E-state index contributed by atoms with van der Waals surface area (Å²) in [5.74, 6) is -1.04. The van der Waals surface area contributed by atoms with Crippen molar-refractivity contribution in [3.63, 3.8) is 0 Å². The van der Waals surface area contributed by atoms with Crippen molar-refractivity contribution in [1.82, 2.24) is 0 Å². The van der Waals surface area contributed by atoms with E-state index in [0.29, 0.717) is 12.8 Å². The van der Waals surface area contributed by atoms with Crippen molar-refractivity contribution < 1.29 is 12.9 Å². The molecule has 1 aliphatic carbocycles. The van der Waals surface area contributed by atoms with Gasteiger partial charge in [-0.25, -0.2) is 0 Å². The standard InChI is InChI=1S/C8H15BF3/c1-2-7-5-3-4-6-8(7)9(10,11)12/h7-8H,2-6H2,1H3/q-1/t7-,8-/m1/s1. The van der Waals surface area contributed by atoms with Gasteiger partial charge in [-0.2, -0.15) is 0 Å². The Bertz CT molecular complexity index is 144. The second-order valence-corrected chi connectivity index (χ2v) is 3.74. The van der Waals surface area contributed by atoms with Crippen molar-refractivity contribution in [2.45, 2.75) is 44.8 Å². The summed E-state index contributed by atoms with van der Waals surface area (Å²) in [6.07, 6.45) is 3.60. The zero-order chi connectivity index (χ0) is 9.19. The normalized spacial score (nSPS) is 32.0. The molecule has 2 atom stereocenters. The third-order valence-corrected chi connectivity index (χ3v) is 2.98. The van der Waals surface area contributed by atoms with Crippen LogP contribution < -0.4 is 0 Å². The number of hydrogen-bond donors (Lipinski definition) is 0. The highest BCUT2D eigenvalue weighted by molar-refractivity contribution is 6.60. The first-order valence-electron chi connectivity index (χ1n) is 4.75. The molecule has 0 nitrogen and oxygen atoms in total. The van der Waals surface area contributed by atoms with Gasteiger partial charge in [-0.15, -0.1) is 0 Å². The Balaban J connectivity index is 2.59. The summed E-state index contributed by atoms with van der Waals surface area (Å²) in [4.78, 5) is 0. The van der Waals surface area contributed by atoms with Crippen LogP contribution in [-0.2, 0) is 0 Å². The van der Waals surface area contributed by atoms with Gasteiger partial charge >= 0.3 is 6.98 Å². The van der Waals surface area contributed by atoms with Crippen molar-refractivity contribution in [2.75, 3.05) is 0 Å². The molecule has 1 fully saturated rings. The summed E-state index contributed by atoms with van der Waals surface area (Å²) in [5, 5.41) is 0. The molecule has 0 aliphatic heterocycles. The van der Waals surface area contributed by atoms with Gasteiger partial charge in [0.2, 0.25) is 0 Å². The number of halogens is 3. The first-order chi connectivity index (χ1) is 5.55. The topological polar surface area (TPSA) is 0 Å². The van der Waals surface area contributed by atoms with Gasteiger partial charge in [0.25, 0.3) is 0 Å². The average Bonchev–Trinajstić information content (AvgIpc) is 2.03. The van der Waals surface area contributed by atoms with Crippen LogP contribution in [0.5, 0.6) is 0 Å². The molecule has 0 N–H and O–H groups in total. The third kappa shape index (κ3) is 2.17. The smallest absolute Gasteiger partial charge is 0.449 e. The summed E-state index contributed by atoms with van der Waals surface area (Å²) in [7, 11) is 0. The van der Waals surface area contributed by atoms with E-state index in [1.54, 1.807) is 0 Å². The molecule has 72 valence electrons. The van der Waals surface area contributed by atoms with Crippen molar-refractivity contribution >= 4 is 6.98 Å². The van der Waals surface area contributed by atoms with Gasteiger partial charge in [-0.05, 0) is 0 Å². The summed E-state index contributed by atoms with van der Waals surface area (Å²) in [5.41, 5.74) is 0. The van der Waals surface area contributed by atoms with Crippen LogP contribution in [-0.4, -0.2) is 6.98 Å². The van der Waals surface area contributed by atoms with Crippen LogP contribution in [0.25, 0.3) is 0 Å². The van der Waals surface area contributed by atoms with Gasteiger partial charge in [0.05, 0.1) is 0 Å². The van der Waals surface area contributed by atoms with Gasteiger partial charge in [0.15, 0.2) is 0 Å². The Kier molecular flexibility index (Phi) is 3.07. The van der Waals surface area contributed by atoms with E-state index >= 15 is 0 Å². The average molecular weight is 179 g/mol. The predicted octanol–water partition coefficient (Wildman–Crippen LogP) is 3.80. The molecule has 1 rings (SSSR count). The summed E-state index contributed by atoms with van der Waals surface area (Å²) in [6.45, 7) is -2.71. The first-order valence-corrected chi connectivity index (χ1v) is 4.75. The zero-order valence-corrected chi connectivity index (χ0v) is 7.40. The molecule has 0 amide bonds. The fraction of sp³-hybridized carbons (Fsp3) is 1.00. The second kappa shape index (κ2) is 3.71. The van der Waals surface area contributed by atoms with E-state index in [1.807, 2.05) is 6.92 Å². The Labute approximate surface area is 71.6 Å². The van der Waals surface area contributed by atoms with E-state index in [2.05, 4.69) is 0 Å². The molecule has 0 aromatic heterocycles. The lowest BCUT2D eigenvalue weighted by Gasteiger charge is -2.37. The molecule has 0 aromatic rings. The van der Waals surface area contributed by atoms with Crippen LogP contribution in [0.2, 0.25) is 5.82 Å². The van der Waals surface area contributed by atoms with E-state index in [4.69, 9.17) is 0 Å². The van der Waals surface area contributed by atoms with E-state index in [9.17, 15) is 12.9 Å². The molecule has 0 aromatic carbocycles. The highest BCUT2D eigenvalue weighted by atomic mass is 19.4. The predicted molar refractivity (Wildman–Crippen MR) is 45.1 cm³/mol. The largest absolute Gasteiger partial charge is 0.481 e. The minimum Gasteiger partial charge on any atom is -0.449 e. The van der Waals surface area contributed by atoms with Crippen molar-refractivity contribution in [1.29, 1.82) is 0 Å². The minimum absolute atomic E-state index is 0.0845. The van der Waals surface area contributed by atoms with Gasteiger partial charge in [-0.1, -0.05) is 50.8 Å². The Hall–Kier alpha value is -0.145. The van der Waals surface area contributed by atoms with Crippen molar-refractivity contribution in [3.05, 3.63) is 0 Å². The fourth-order valence-corrected chi connectivity index (χ4v) is 2.24. The maximum absolute atomic E-state index is 12.4. The van der Waals surface area contributed by atoms with Crippen LogP contribution in [0.15, 0.2) is 0 Å². The van der Waals surface area contributed by atoms with E-state index in [1.165, 1.54) is 0 Å². The van der Waals surface area contributed by atoms with E-state index < -0.39 is 12.8 Å². The highest BCUT2D eigenvalue weighted by Gasteiger charge is 2.39. The van der Waals surface area contributed by atoms with Gasteiger partial charge in [-0.3, -0.25) is 0 Å². The first kappa shape index (κ1) is 9.94. The van der Waals surface area contributed by atoms with Gasteiger partial charge < -0.3 is 12.9 Å². The molecule has 1 aliphatic rings. The minimum atomic E-state index is -4.58. The molecule has 0 radical (unpaired) electrons. The molecule has 0 bridgehead atoms. The van der Waals surface area contributed by atoms with E-state index in [-0.39, 0.29) is 5.92 Å². The Morgan fingerprint density at radius 3 is 2.17 bits per heavy atom. The maximum Gasteiger partial charge on any atom is 0.481 e. The van der Waals surface area contributed by atoms with Crippen molar-refractivity contribution in [2.24, 2.45) is 5.92 Å². The molecule has 1 saturated carbocycles. The van der Waals surface area contributed by atoms with Crippen LogP contribution in [0.4, 0.5) is 12.9 Å². The Morgan fingerprint density at radius 1 is 1.17 bits per heavy atom. The molecule has 4 heteroatoms. The van der Waals surface area contributed by atoms with Crippen LogP contribution in [0.3, 0.4) is 0 Å². The molecular formula is C8H15BF3-. The summed E-state index contributed by atoms with van der Waals surface area (Å²) in [6, 6.07) is 0. The summed E-state index contributed by atoms with van der Waals surface area (Å²) < 4.78 is 37.3. The monoisotopic (exact) mass is 179 g/mol. The molecule has 0 saturated heterocycles. The number of hydrogen-bond acceptors (Lipinski definition) is 0. The lowest BCUT2D eigenvalue weighted by molar-refractivity contribution is 0.285. The SMILES string of the molecule is CC[C@@H]1CCCC[C@H]1[B-](F)(F)F. The lowest BCUT2D eigenvalue weighted by Crippen LogP contribution is -2.32. The fourth-order valence-electron chi connectivity index (χ4n) is 2.24. The highest BCUT2D eigenvalue weighted by Crippen LogP contribution is 2.44. The van der Waals surface area contributed by atoms with Gasteiger partial charge in [0.1, 0.15) is 0 Å². The molecule has 12 heavy (non-hydrogen) atoms. The number of rotatable bonds is 2. The van der Waals surface area contributed by atoms with Gasteiger partial charge in [0, 0.05) is 0 Å². The molecule has 0 spiro atoms. The third-order valence-electron chi connectivity index (χ3n) is 2.98. The van der Waals surface area contributed by atoms with Crippen LogP contribution in [0, 0.1) is 5.92 Å². The molecule has 0 heterocycles.